The van der Waals surface area contributed by atoms with E-state index < -0.39 is 0 Å². The highest BCUT2D eigenvalue weighted by Crippen LogP contribution is 2.44. The van der Waals surface area contributed by atoms with E-state index in [0.29, 0.717) is 0 Å². The molecule has 0 aliphatic heterocycles. The highest BCUT2D eigenvalue weighted by atomic mass is 14.7. The second-order valence-electron chi connectivity index (χ2n) is 8.93. The van der Waals surface area contributed by atoms with Crippen LogP contribution in [0.2, 0.25) is 0 Å². The Morgan fingerprint density at radius 1 is 0.618 bits per heavy atom. The van der Waals surface area contributed by atoms with Crippen LogP contribution in [-0.4, -0.2) is 4.98 Å². The van der Waals surface area contributed by atoms with Crippen molar-refractivity contribution in [2.45, 2.75) is 26.7 Å². The van der Waals surface area contributed by atoms with Gasteiger partial charge in [-0.2, -0.15) is 0 Å². The normalized spacial score (nSPS) is 11.2. The van der Waals surface area contributed by atoms with Crippen LogP contribution in [0.5, 0.6) is 0 Å². The van der Waals surface area contributed by atoms with Crippen LogP contribution in [0, 0.1) is 13.8 Å². The Morgan fingerprint density at radius 2 is 1.32 bits per heavy atom. The predicted molar refractivity (Wildman–Crippen MR) is 143 cm³/mol. The van der Waals surface area contributed by atoms with Crippen LogP contribution < -0.4 is 0 Å². The van der Waals surface area contributed by atoms with Crippen LogP contribution >= 0.6 is 0 Å². The molecule has 0 bridgehead atoms. The molecule has 6 rings (SSSR count). The maximum absolute atomic E-state index is 4.56. The second-order valence-corrected chi connectivity index (χ2v) is 8.93. The number of aryl methyl sites for hydroxylation is 2. The van der Waals surface area contributed by atoms with E-state index in [1.807, 2.05) is 30.5 Å². The lowest BCUT2D eigenvalue weighted by Crippen LogP contribution is -1.99. The van der Waals surface area contributed by atoms with E-state index in [-0.39, 0.29) is 0 Å². The Morgan fingerprint density at radius 3 is 2.03 bits per heavy atom. The molecular formula is C33H29N. The summed E-state index contributed by atoms with van der Waals surface area (Å²) in [7, 11) is 0. The molecule has 0 radical (unpaired) electrons. The minimum absolute atomic E-state index is 0.855. The van der Waals surface area contributed by atoms with E-state index in [1.165, 1.54) is 50.1 Å². The number of hydrogen-bond donors (Lipinski definition) is 0. The van der Waals surface area contributed by atoms with Crippen LogP contribution in [0.4, 0.5) is 0 Å². The molecular weight excluding hydrogens is 410 g/mol. The van der Waals surface area contributed by atoms with Crippen LogP contribution in [0.3, 0.4) is 0 Å². The molecule has 0 atom stereocenters. The maximum Gasteiger partial charge on any atom is 0.0447 e. The molecule has 5 aromatic rings. The van der Waals surface area contributed by atoms with Crippen molar-refractivity contribution in [1.82, 2.24) is 4.98 Å². The number of aromatic nitrogens is 1. The lowest BCUT2D eigenvalue weighted by atomic mass is 9.87. The minimum Gasteiger partial charge on any atom is -0.261 e. The van der Waals surface area contributed by atoms with Crippen LogP contribution in [0.1, 0.15) is 33.5 Å². The maximum atomic E-state index is 4.56. The summed E-state index contributed by atoms with van der Waals surface area (Å²) in [5.74, 6) is 0. The molecule has 1 aliphatic carbocycles. The monoisotopic (exact) mass is 439 g/mol. The lowest BCUT2D eigenvalue weighted by Gasteiger charge is -2.17. The lowest BCUT2D eigenvalue weighted by molar-refractivity contribution is 1.07. The Hall–Kier alpha value is -3.97. The highest BCUT2D eigenvalue weighted by molar-refractivity contribution is 5.87. The van der Waals surface area contributed by atoms with Gasteiger partial charge in [0, 0.05) is 18.3 Å². The van der Waals surface area contributed by atoms with Gasteiger partial charge in [-0.15, -0.1) is 0 Å². The predicted octanol–water partition coefficient (Wildman–Crippen LogP) is 8.21. The molecule has 0 spiro atoms. The Bertz CT molecular complexity index is 1400. The van der Waals surface area contributed by atoms with Crippen LogP contribution in [0.15, 0.2) is 115 Å². The van der Waals surface area contributed by atoms with Crippen molar-refractivity contribution in [1.29, 1.82) is 0 Å². The van der Waals surface area contributed by atoms with E-state index in [1.54, 1.807) is 0 Å². The van der Waals surface area contributed by atoms with Gasteiger partial charge in [-0.05, 0) is 76.9 Å². The highest BCUT2D eigenvalue weighted by Gasteiger charge is 2.24. The topological polar surface area (TPSA) is 12.9 Å². The zero-order chi connectivity index (χ0) is 23.3. The largest absolute Gasteiger partial charge is 0.261 e. The molecule has 166 valence electrons. The molecule has 0 fully saturated rings. The summed E-state index contributed by atoms with van der Waals surface area (Å²) in [4.78, 5) is 4.56. The molecule has 0 saturated carbocycles. The van der Waals surface area contributed by atoms with Crippen LogP contribution in [0.25, 0.3) is 22.3 Å². The average molecular weight is 440 g/mol. The summed E-state index contributed by atoms with van der Waals surface area (Å²) in [6.07, 6.45) is 3.74. The Kier molecular flexibility index (Phi) is 6.35. The fourth-order valence-corrected chi connectivity index (χ4v) is 4.83. The first-order valence-corrected chi connectivity index (χ1v) is 11.9. The zero-order valence-corrected chi connectivity index (χ0v) is 19.8. The van der Waals surface area contributed by atoms with Gasteiger partial charge in [-0.3, -0.25) is 4.98 Å². The van der Waals surface area contributed by atoms with Crippen molar-refractivity contribution in [2.75, 3.05) is 0 Å². The molecule has 0 unspecified atom stereocenters. The van der Waals surface area contributed by atoms with Gasteiger partial charge in [-0.1, -0.05) is 103 Å². The number of pyridine rings is 1. The van der Waals surface area contributed by atoms with Crippen molar-refractivity contribution in [3.05, 3.63) is 149 Å². The number of fused-ring (bicyclic) bond motifs is 3. The molecule has 1 heteroatoms. The van der Waals surface area contributed by atoms with Gasteiger partial charge in [-0.25, -0.2) is 0 Å². The van der Waals surface area contributed by atoms with Crippen molar-refractivity contribution >= 4 is 0 Å². The van der Waals surface area contributed by atoms with Gasteiger partial charge in [0.25, 0.3) is 0 Å². The van der Waals surface area contributed by atoms with E-state index in [9.17, 15) is 0 Å². The first-order chi connectivity index (χ1) is 16.7. The summed E-state index contributed by atoms with van der Waals surface area (Å²) in [6.45, 7) is 4.29. The summed E-state index contributed by atoms with van der Waals surface area (Å²) >= 11 is 0. The SMILES string of the molecule is Cc1ccccc1.Cc1ccccc1-c1c(Cc2ccccn2)ccc2c1Cc1ccccc1-2. The van der Waals surface area contributed by atoms with Gasteiger partial charge in [0.15, 0.2) is 0 Å². The van der Waals surface area contributed by atoms with E-state index >= 15 is 0 Å². The quantitative estimate of drug-likeness (QED) is 0.271. The number of benzene rings is 4. The van der Waals surface area contributed by atoms with Gasteiger partial charge in [0.1, 0.15) is 0 Å². The van der Waals surface area contributed by atoms with Gasteiger partial charge >= 0.3 is 0 Å². The number of rotatable bonds is 3. The van der Waals surface area contributed by atoms with Crippen molar-refractivity contribution < 1.29 is 0 Å². The molecule has 1 nitrogen and oxygen atoms in total. The van der Waals surface area contributed by atoms with Crippen LogP contribution in [-0.2, 0) is 12.8 Å². The molecule has 0 N–H and O–H groups in total. The van der Waals surface area contributed by atoms with Crippen molar-refractivity contribution in [3.8, 4) is 22.3 Å². The summed E-state index contributed by atoms with van der Waals surface area (Å²) in [6, 6.07) is 38.6. The standard InChI is InChI=1S/C26H21N.C7H8/c1-18-8-2-4-11-22(18)26-20(16-21-10-6-7-15-27-21)13-14-24-23-12-5-3-9-19(23)17-25(24)26;1-7-5-3-2-4-6-7/h2-15H,16-17H2,1H3;2-6H,1H3. The molecule has 0 saturated heterocycles. The smallest absolute Gasteiger partial charge is 0.0447 e. The summed E-state index contributed by atoms with van der Waals surface area (Å²) in [5.41, 5.74) is 13.5. The fourth-order valence-electron chi connectivity index (χ4n) is 4.83. The first kappa shape index (κ1) is 21.9. The van der Waals surface area contributed by atoms with E-state index in [4.69, 9.17) is 0 Å². The number of nitrogens with zero attached hydrogens (tertiary/aromatic N) is 1. The minimum atomic E-state index is 0.855. The third-order valence-electron chi connectivity index (χ3n) is 6.53. The Balaban J connectivity index is 0.000000297. The molecule has 1 aliphatic rings. The van der Waals surface area contributed by atoms with Gasteiger partial charge in [0.05, 0.1) is 0 Å². The average Bonchev–Trinajstić information content (AvgIpc) is 3.25. The molecule has 1 aromatic heterocycles. The van der Waals surface area contributed by atoms with Gasteiger partial charge in [0.2, 0.25) is 0 Å². The van der Waals surface area contributed by atoms with Crippen molar-refractivity contribution in [3.63, 3.8) is 0 Å². The summed E-state index contributed by atoms with van der Waals surface area (Å²) in [5, 5.41) is 0. The fraction of sp³-hybridized carbons (Fsp3) is 0.121. The first-order valence-electron chi connectivity index (χ1n) is 11.9. The second kappa shape index (κ2) is 9.89. The Labute approximate surface area is 202 Å². The molecule has 0 amide bonds. The molecule has 4 aromatic carbocycles. The third kappa shape index (κ3) is 4.56. The van der Waals surface area contributed by atoms with E-state index in [2.05, 4.69) is 104 Å². The molecule has 1 heterocycles. The number of hydrogen-bond acceptors (Lipinski definition) is 1. The third-order valence-corrected chi connectivity index (χ3v) is 6.53. The van der Waals surface area contributed by atoms with Crippen molar-refractivity contribution in [2.24, 2.45) is 0 Å². The zero-order valence-electron chi connectivity index (χ0n) is 19.8. The van der Waals surface area contributed by atoms with Gasteiger partial charge < -0.3 is 0 Å². The molecule has 34 heavy (non-hydrogen) atoms. The summed E-state index contributed by atoms with van der Waals surface area (Å²) < 4.78 is 0. The van der Waals surface area contributed by atoms with E-state index in [0.717, 1.165) is 18.5 Å².